The van der Waals surface area contributed by atoms with Crippen LogP contribution in [-0.4, -0.2) is 37.4 Å². The maximum absolute atomic E-state index is 12.9. The molecule has 0 aliphatic rings. The average molecular weight is 367 g/mol. The molecule has 0 radical (unpaired) electrons. The number of rotatable bonds is 6. The van der Waals surface area contributed by atoms with Crippen LogP contribution in [0.1, 0.15) is 16.8 Å². The van der Waals surface area contributed by atoms with E-state index in [-0.39, 0.29) is 18.3 Å². The molecule has 1 rings (SSSR count). The molecule has 1 atom stereocenters. The first-order chi connectivity index (χ1) is 8.54. The van der Waals surface area contributed by atoms with E-state index in [1.807, 2.05) is 22.6 Å². The van der Waals surface area contributed by atoms with Gasteiger partial charge in [0.15, 0.2) is 0 Å². The molecule has 4 nitrogen and oxygen atoms in total. The normalized spacial score (nSPS) is 12.2. The first-order valence-corrected chi connectivity index (χ1v) is 6.52. The number of benzene rings is 1. The van der Waals surface area contributed by atoms with Crippen molar-refractivity contribution in [3.05, 3.63) is 33.1 Å². The van der Waals surface area contributed by atoms with Gasteiger partial charge in [0, 0.05) is 17.2 Å². The van der Waals surface area contributed by atoms with Crippen molar-refractivity contribution in [2.75, 3.05) is 20.3 Å². The third-order valence-corrected chi connectivity index (χ3v) is 3.19. The Labute approximate surface area is 119 Å². The Bertz CT molecular complexity index is 414. The number of ether oxygens (including phenoxy) is 1. The predicted octanol–water partition coefficient (Wildman–Crippen LogP) is 1.56. The Balaban J connectivity index is 2.45. The highest BCUT2D eigenvalue weighted by molar-refractivity contribution is 14.1. The molecule has 100 valence electrons. The molecular formula is C12H15FINO3. The fourth-order valence-corrected chi connectivity index (χ4v) is 2.12. The molecule has 2 N–H and O–H groups in total. The Morgan fingerprint density at radius 3 is 2.94 bits per heavy atom. The lowest BCUT2D eigenvalue weighted by atomic mass is 10.2. The number of aliphatic hydroxyl groups excluding tert-OH is 1. The average Bonchev–Trinajstić information content (AvgIpc) is 2.29. The van der Waals surface area contributed by atoms with E-state index in [9.17, 15) is 14.3 Å². The molecule has 6 heteroatoms. The summed E-state index contributed by atoms with van der Waals surface area (Å²) in [6, 6.07) is 3.99. The van der Waals surface area contributed by atoms with Crippen molar-refractivity contribution in [2.24, 2.45) is 0 Å². The molecular weight excluding hydrogens is 352 g/mol. The summed E-state index contributed by atoms with van der Waals surface area (Å²) in [7, 11) is 1.50. The number of nitrogens with one attached hydrogen (secondary N) is 1. The van der Waals surface area contributed by atoms with Crippen molar-refractivity contribution in [3.8, 4) is 0 Å². The van der Waals surface area contributed by atoms with Gasteiger partial charge in [-0.05, 0) is 47.2 Å². The van der Waals surface area contributed by atoms with Gasteiger partial charge in [-0.2, -0.15) is 0 Å². The number of aliphatic hydroxyl groups is 1. The first kappa shape index (κ1) is 15.3. The van der Waals surface area contributed by atoms with E-state index in [4.69, 9.17) is 4.74 Å². The Morgan fingerprint density at radius 1 is 1.61 bits per heavy atom. The zero-order valence-corrected chi connectivity index (χ0v) is 12.1. The number of hydrogen-bond acceptors (Lipinski definition) is 3. The monoisotopic (exact) mass is 367 g/mol. The van der Waals surface area contributed by atoms with Crippen LogP contribution >= 0.6 is 22.6 Å². The van der Waals surface area contributed by atoms with Crippen molar-refractivity contribution < 1.29 is 19.0 Å². The number of methoxy groups -OCH3 is 1. The summed E-state index contributed by atoms with van der Waals surface area (Å²) in [6.45, 7) is 0.584. The van der Waals surface area contributed by atoms with Crippen LogP contribution in [-0.2, 0) is 4.74 Å². The molecule has 1 aromatic rings. The summed E-state index contributed by atoms with van der Waals surface area (Å²) in [4.78, 5) is 11.8. The highest BCUT2D eigenvalue weighted by Gasteiger charge is 2.11. The van der Waals surface area contributed by atoms with Gasteiger partial charge in [0.2, 0.25) is 0 Å². The topological polar surface area (TPSA) is 58.6 Å². The molecule has 0 aromatic heterocycles. The van der Waals surface area contributed by atoms with E-state index >= 15 is 0 Å². The van der Waals surface area contributed by atoms with Crippen LogP contribution in [0, 0.1) is 9.39 Å². The van der Waals surface area contributed by atoms with Crippen LogP contribution in [0.25, 0.3) is 0 Å². The quantitative estimate of drug-likeness (QED) is 0.751. The van der Waals surface area contributed by atoms with E-state index in [2.05, 4.69) is 5.32 Å². The van der Waals surface area contributed by atoms with Gasteiger partial charge < -0.3 is 15.2 Å². The molecule has 1 unspecified atom stereocenters. The summed E-state index contributed by atoms with van der Waals surface area (Å²) >= 11 is 1.91. The highest BCUT2D eigenvalue weighted by atomic mass is 127. The number of amides is 1. The Morgan fingerprint density at radius 2 is 2.33 bits per heavy atom. The van der Waals surface area contributed by atoms with Gasteiger partial charge in [-0.25, -0.2) is 4.39 Å². The zero-order chi connectivity index (χ0) is 13.5. The fraction of sp³-hybridized carbons (Fsp3) is 0.417. The first-order valence-electron chi connectivity index (χ1n) is 5.45. The molecule has 0 heterocycles. The Kier molecular flexibility index (Phi) is 6.51. The second-order valence-corrected chi connectivity index (χ2v) is 4.94. The smallest absolute Gasteiger partial charge is 0.252 e. The lowest BCUT2D eigenvalue weighted by Gasteiger charge is -2.10. The number of carbonyl (C=O) groups is 1. The van der Waals surface area contributed by atoms with Crippen LogP contribution in [0.2, 0.25) is 0 Å². The SMILES string of the molecule is COCC(O)CCNC(=O)c1ccc(F)cc1I. The molecule has 1 aromatic carbocycles. The van der Waals surface area contributed by atoms with Crippen molar-refractivity contribution in [1.82, 2.24) is 5.32 Å². The van der Waals surface area contributed by atoms with Gasteiger partial charge in [0.25, 0.3) is 5.91 Å². The summed E-state index contributed by atoms with van der Waals surface area (Å²) in [5, 5.41) is 12.1. The molecule has 0 aliphatic carbocycles. The van der Waals surface area contributed by atoms with E-state index in [0.717, 1.165) is 0 Å². The van der Waals surface area contributed by atoms with Crippen LogP contribution in [0.3, 0.4) is 0 Å². The van der Waals surface area contributed by atoms with Crippen LogP contribution in [0.15, 0.2) is 18.2 Å². The molecule has 0 saturated carbocycles. The molecule has 0 saturated heterocycles. The predicted molar refractivity (Wildman–Crippen MR) is 74.0 cm³/mol. The zero-order valence-electron chi connectivity index (χ0n) is 9.95. The molecule has 0 bridgehead atoms. The summed E-state index contributed by atoms with van der Waals surface area (Å²) in [5.41, 5.74) is 0.429. The number of carbonyl (C=O) groups excluding carboxylic acids is 1. The maximum atomic E-state index is 12.9. The Hall–Kier alpha value is -0.730. The molecule has 0 spiro atoms. The van der Waals surface area contributed by atoms with E-state index < -0.39 is 6.10 Å². The number of hydrogen-bond donors (Lipinski definition) is 2. The van der Waals surface area contributed by atoms with Crippen LogP contribution < -0.4 is 5.32 Å². The second-order valence-electron chi connectivity index (χ2n) is 3.78. The second kappa shape index (κ2) is 7.65. The standard InChI is InChI=1S/C12H15FINO3/c1-18-7-9(16)4-5-15-12(17)10-3-2-8(13)6-11(10)14/h2-3,6,9,16H,4-5,7H2,1H3,(H,15,17). The van der Waals surface area contributed by atoms with Gasteiger partial charge in [-0.3, -0.25) is 4.79 Å². The van der Waals surface area contributed by atoms with Crippen molar-refractivity contribution >= 4 is 28.5 Å². The lowest BCUT2D eigenvalue weighted by Crippen LogP contribution is -2.29. The van der Waals surface area contributed by atoms with Gasteiger partial charge in [0.05, 0.1) is 18.3 Å². The molecule has 18 heavy (non-hydrogen) atoms. The lowest BCUT2D eigenvalue weighted by molar-refractivity contribution is 0.0587. The molecule has 1 amide bonds. The minimum atomic E-state index is -0.595. The van der Waals surface area contributed by atoms with Gasteiger partial charge >= 0.3 is 0 Å². The largest absolute Gasteiger partial charge is 0.391 e. The summed E-state index contributed by atoms with van der Waals surface area (Å²) < 4.78 is 18.2. The van der Waals surface area contributed by atoms with Gasteiger partial charge in [-0.15, -0.1) is 0 Å². The third kappa shape index (κ3) is 4.87. The minimum absolute atomic E-state index is 0.240. The fourth-order valence-electron chi connectivity index (χ4n) is 1.40. The van der Waals surface area contributed by atoms with Crippen molar-refractivity contribution in [2.45, 2.75) is 12.5 Å². The van der Waals surface area contributed by atoms with Crippen LogP contribution in [0.5, 0.6) is 0 Å². The number of halogens is 2. The van der Waals surface area contributed by atoms with Crippen molar-refractivity contribution in [1.29, 1.82) is 0 Å². The van der Waals surface area contributed by atoms with E-state index in [0.29, 0.717) is 22.1 Å². The third-order valence-electron chi connectivity index (χ3n) is 2.30. The summed E-state index contributed by atoms with van der Waals surface area (Å²) in [6.07, 6.45) is -0.181. The maximum Gasteiger partial charge on any atom is 0.252 e. The minimum Gasteiger partial charge on any atom is -0.391 e. The summed E-state index contributed by atoms with van der Waals surface area (Å²) in [5.74, 6) is -0.643. The van der Waals surface area contributed by atoms with Crippen molar-refractivity contribution in [3.63, 3.8) is 0 Å². The highest BCUT2D eigenvalue weighted by Crippen LogP contribution is 2.13. The molecule has 0 aliphatic heterocycles. The van der Waals surface area contributed by atoms with Crippen LogP contribution in [0.4, 0.5) is 4.39 Å². The van der Waals surface area contributed by atoms with E-state index in [1.54, 1.807) is 0 Å². The van der Waals surface area contributed by atoms with Gasteiger partial charge in [0.1, 0.15) is 5.82 Å². The van der Waals surface area contributed by atoms with Gasteiger partial charge in [-0.1, -0.05) is 0 Å². The van der Waals surface area contributed by atoms with E-state index in [1.165, 1.54) is 25.3 Å². The molecule has 0 fully saturated rings.